The van der Waals surface area contributed by atoms with Crippen LogP contribution in [0.5, 0.6) is 0 Å². The SMILES string of the molecule is CCC(C)C1CCC(C)C2C(O)C(O)C(C)CCC12. The van der Waals surface area contributed by atoms with Gasteiger partial charge in [-0.05, 0) is 54.8 Å². The van der Waals surface area contributed by atoms with E-state index in [2.05, 4.69) is 27.7 Å². The lowest BCUT2D eigenvalue weighted by Gasteiger charge is -2.46. The van der Waals surface area contributed by atoms with Gasteiger partial charge in [-0.15, -0.1) is 0 Å². The maximum atomic E-state index is 10.6. The number of aliphatic hydroxyl groups excluding tert-OH is 2. The first kappa shape index (κ1) is 15.3. The van der Waals surface area contributed by atoms with Gasteiger partial charge < -0.3 is 10.2 Å². The standard InChI is InChI=1S/C17H32O2/c1-5-10(2)13-8-6-11(3)15-14(13)9-7-12(4)16(18)17(15)19/h10-19H,5-9H2,1-4H3. The molecule has 19 heavy (non-hydrogen) atoms. The van der Waals surface area contributed by atoms with Crippen molar-refractivity contribution in [2.45, 2.75) is 72.0 Å². The molecular weight excluding hydrogens is 236 g/mol. The fourth-order valence-electron chi connectivity index (χ4n) is 4.77. The van der Waals surface area contributed by atoms with Gasteiger partial charge in [-0.25, -0.2) is 0 Å². The lowest BCUT2D eigenvalue weighted by molar-refractivity contribution is -0.0827. The van der Waals surface area contributed by atoms with E-state index < -0.39 is 12.2 Å². The predicted octanol–water partition coefficient (Wildman–Crippen LogP) is 3.46. The van der Waals surface area contributed by atoms with Gasteiger partial charge in [-0.2, -0.15) is 0 Å². The Morgan fingerprint density at radius 3 is 2.21 bits per heavy atom. The summed E-state index contributed by atoms with van der Waals surface area (Å²) in [5.74, 6) is 3.22. The number of hydrogen-bond donors (Lipinski definition) is 2. The molecule has 2 fully saturated rings. The molecule has 2 N–H and O–H groups in total. The van der Waals surface area contributed by atoms with Crippen LogP contribution in [0.25, 0.3) is 0 Å². The Labute approximate surface area is 118 Å². The summed E-state index contributed by atoms with van der Waals surface area (Å²) in [4.78, 5) is 0. The molecule has 2 aliphatic rings. The van der Waals surface area contributed by atoms with Crippen molar-refractivity contribution in [1.29, 1.82) is 0 Å². The van der Waals surface area contributed by atoms with E-state index in [1.807, 2.05) is 0 Å². The van der Waals surface area contributed by atoms with Crippen molar-refractivity contribution in [3.8, 4) is 0 Å². The zero-order valence-electron chi connectivity index (χ0n) is 13.0. The highest BCUT2D eigenvalue weighted by Crippen LogP contribution is 2.49. The van der Waals surface area contributed by atoms with E-state index >= 15 is 0 Å². The van der Waals surface area contributed by atoms with Crippen molar-refractivity contribution in [2.75, 3.05) is 0 Å². The molecule has 0 aliphatic heterocycles. The fraction of sp³-hybridized carbons (Fsp3) is 1.00. The quantitative estimate of drug-likeness (QED) is 0.805. The topological polar surface area (TPSA) is 40.5 Å². The van der Waals surface area contributed by atoms with Gasteiger partial charge in [0.25, 0.3) is 0 Å². The Balaban J connectivity index is 2.24. The zero-order valence-corrected chi connectivity index (χ0v) is 13.0. The second kappa shape index (κ2) is 6.13. The van der Waals surface area contributed by atoms with Crippen molar-refractivity contribution in [2.24, 2.45) is 35.5 Å². The Morgan fingerprint density at radius 1 is 0.947 bits per heavy atom. The minimum Gasteiger partial charge on any atom is -0.390 e. The molecule has 2 saturated carbocycles. The van der Waals surface area contributed by atoms with Gasteiger partial charge in [0.2, 0.25) is 0 Å². The van der Waals surface area contributed by atoms with Crippen LogP contribution in [-0.4, -0.2) is 22.4 Å². The Kier molecular flexibility index (Phi) is 4.94. The maximum absolute atomic E-state index is 10.6. The molecule has 0 heterocycles. The highest BCUT2D eigenvalue weighted by molar-refractivity contribution is 4.96. The minimum atomic E-state index is -0.520. The van der Waals surface area contributed by atoms with E-state index in [4.69, 9.17) is 0 Å². The van der Waals surface area contributed by atoms with Gasteiger partial charge >= 0.3 is 0 Å². The normalized spacial score (nSPS) is 49.3. The fourth-order valence-corrected chi connectivity index (χ4v) is 4.77. The number of fused-ring (bicyclic) bond motifs is 1. The first-order valence-corrected chi connectivity index (χ1v) is 8.33. The largest absolute Gasteiger partial charge is 0.390 e. The lowest BCUT2D eigenvalue weighted by Crippen LogP contribution is -2.46. The highest BCUT2D eigenvalue weighted by Gasteiger charge is 2.46. The monoisotopic (exact) mass is 268 g/mol. The van der Waals surface area contributed by atoms with Crippen LogP contribution < -0.4 is 0 Å². The van der Waals surface area contributed by atoms with Crippen LogP contribution in [0.1, 0.15) is 59.8 Å². The summed E-state index contributed by atoms with van der Waals surface area (Å²) in [7, 11) is 0. The van der Waals surface area contributed by atoms with Gasteiger partial charge in [0, 0.05) is 0 Å². The van der Waals surface area contributed by atoms with Gasteiger partial charge in [-0.3, -0.25) is 0 Å². The van der Waals surface area contributed by atoms with Crippen LogP contribution in [0.3, 0.4) is 0 Å². The van der Waals surface area contributed by atoms with Crippen molar-refractivity contribution >= 4 is 0 Å². The summed E-state index contributed by atoms with van der Waals surface area (Å²) in [6.45, 7) is 9.02. The second-order valence-electron chi connectivity index (χ2n) is 7.38. The molecule has 2 heteroatoms. The van der Waals surface area contributed by atoms with Gasteiger partial charge in [0.15, 0.2) is 0 Å². The maximum Gasteiger partial charge on any atom is 0.0835 e. The number of aliphatic hydroxyl groups is 2. The van der Waals surface area contributed by atoms with Gasteiger partial charge in [0.05, 0.1) is 12.2 Å². The molecule has 0 radical (unpaired) electrons. The Bertz CT molecular complexity index is 291. The molecular formula is C17H32O2. The van der Waals surface area contributed by atoms with Crippen molar-refractivity contribution < 1.29 is 10.2 Å². The van der Waals surface area contributed by atoms with E-state index in [1.165, 1.54) is 25.7 Å². The van der Waals surface area contributed by atoms with Crippen LogP contribution in [-0.2, 0) is 0 Å². The van der Waals surface area contributed by atoms with Crippen molar-refractivity contribution in [3.05, 3.63) is 0 Å². The summed E-state index contributed by atoms with van der Waals surface area (Å²) in [6.07, 6.45) is 5.00. The third-order valence-electron chi connectivity index (χ3n) is 6.31. The second-order valence-corrected chi connectivity index (χ2v) is 7.38. The zero-order chi connectivity index (χ0) is 14.2. The van der Waals surface area contributed by atoms with Crippen LogP contribution in [0.2, 0.25) is 0 Å². The third kappa shape index (κ3) is 2.85. The smallest absolute Gasteiger partial charge is 0.0835 e. The number of rotatable bonds is 2. The first-order valence-electron chi connectivity index (χ1n) is 8.33. The van der Waals surface area contributed by atoms with Crippen molar-refractivity contribution in [3.63, 3.8) is 0 Å². The first-order chi connectivity index (χ1) is 8.97. The molecule has 0 saturated heterocycles. The third-order valence-corrected chi connectivity index (χ3v) is 6.31. The molecule has 0 aromatic heterocycles. The Hall–Kier alpha value is -0.0800. The van der Waals surface area contributed by atoms with Crippen LogP contribution >= 0.6 is 0 Å². The molecule has 0 aromatic carbocycles. The van der Waals surface area contributed by atoms with E-state index in [-0.39, 0.29) is 5.92 Å². The molecule has 0 spiro atoms. The van der Waals surface area contributed by atoms with Crippen LogP contribution in [0, 0.1) is 35.5 Å². The molecule has 2 nitrogen and oxygen atoms in total. The highest BCUT2D eigenvalue weighted by atomic mass is 16.3. The molecule has 0 amide bonds. The molecule has 8 atom stereocenters. The molecule has 112 valence electrons. The van der Waals surface area contributed by atoms with Gasteiger partial charge in [0.1, 0.15) is 0 Å². The van der Waals surface area contributed by atoms with Crippen molar-refractivity contribution in [1.82, 2.24) is 0 Å². The summed E-state index contributed by atoms with van der Waals surface area (Å²) >= 11 is 0. The molecule has 2 rings (SSSR count). The van der Waals surface area contributed by atoms with E-state index in [0.717, 1.165) is 18.3 Å². The lowest BCUT2D eigenvalue weighted by atomic mass is 9.61. The molecule has 2 aliphatic carbocycles. The molecule has 0 bridgehead atoms. The average Bonchev–Trinajstić information content (AvgIpc) is 2.51. The van der Waals surface area contributed by atoms with E-state index in [0.29, 0.717) is 17.8 Å². The van der Waals surface area contributed by atoms with Gasteiger partial charge in [-0.1, -0.05) is 40.5 Å². The number of hydrogen-bond acceptors (Lipinski definition) is 2. The van der Waals surface area contributed by atoms with Crippen LogP contribution in [0.4, 0.5) is 0 Å². The van der Waals surface area contributed by atoms with Crippen LogP contribution in [0.15, 0.2) is 0 Å². The predicted molar refractivity (Wildman–Crippen MR) is 78.7 cm³/mol. The summed E-state index contributed by atoms with van der Waals surface area (Å²) in [6, 6.07) is 0. The molecule has 0 aromatic rings. The summed E-state index contributed by atoms with van der Waals surface area (Å²) < 4.78 is 0. The average molecular weight is 268 g/mol. The Morgan fingerprint density at radius 2 is 1.58 bits per heavy atom. The van der Waals surface area contributed by atoms with E-state index in [9.17, 15) is 10.2 Å². The minimum absolute atomic E-state index is 0.241. The molecule has 8 unspecified atom stereocenters. The summed E-state index contributed by atoms with van der Waals surface area (Å²) in [5.41, 5.74) is 0. The van der Waals surface area contributed by atoms with E-state index in [1.54, 1.807) is 0 Å². The summed E-state index contributed by atoms with van der Waals surface area (Å²) in [5, 5.41) is 20.9.